The molecule has 0 saturated carbocycles. The average molecular weight is 495 g/mol. The van der Waals surface area contributed by atoms with E-state index in [1.165, 1.54) is 0 Å². The van der Waals surface area contributed by atoms with Crippen LogP contribution in [0, 0.1) is 0 Å². The molecule has 36 heavy (non-hydrogen) atoms. The van der Waals surface area contributed by atoms with Crippen molar-refractivity contribution in [1.82, 2.24) is 10.2 Å². The molecule has 192 valence electrons. The number of hydrogen-bond acceptors (Lipinski definition) is 7. The number of fused-ring (bicyclic) bond motifs is 1. The molecule has 5 rings (SSSR count). The standard InChI is InChI=1S/C28H34N2O6/c1-33-22-6-8-24(34-2)20(15-22)18-30-11-9-28(32,10-12-30)21-5-7-25-19(14-21)16-26(36-25)27(31)29-17-23-4-3-13-35-23/h5-8,14-16,23,32H,3-4,9-13,17-18H2,1-2H3,(H,29,31)/t23-/m1/s1. The lowest BCUT2D eigenvalue weighted by Crippen LogP contribution is -2.42. The highest BCUT2D eigenvalue weighted by Gasteiger charge is 2.34. The molecule has 2 saturated heterocycles. The first-order chi connectivity index (χ1) is 17.5. The number of furan rings is 1. The van der Waals surface area contributed by atoms with Gasteiger partial charge in [0, 0.05) is 43.7 Å². The maximum absolute atomic E-state index is 12.6. The smallest absolute Gasteiger partial charge is 0.287 e. The summed E-state index contributed by atoms with van der Waals surface area (Å²) in [6.45, 7) is 3.46. The zero-order chi connectivity index (χ0) is 25.1. The van der Waals surface area contributed by atoms with Gasteiger partial charge in [0.2, 0.25) is 0 Å². The van der Waals surface area contributed by atoms with Gasteiger partial charge < -0.3 is 29.1 Å². The lowest BCUT2D eigenvalue weighted by Gasteiger charge is -2.38. The van der Waals surface area contributed by atoms with E-state index in [9.17, 15) is 9.90 Å². The van der Waals surface area contributed by atoms with Crippen LogP contribution in [0.1, 0.15) is 47.4 Å². The topological polar surface area (TPSA) is 93.4 Å². The Balaban J connectivity index is 1.23. The Morgan fingerprint density at radius 3 is 2.69 bits per heavy atom. The fourth-order valence-electron chi connectivity index (χ4n) is 5.16. The number of amides is 1. The molecule has 8 nitrogen and oxygen atoms in total. The van der Waals surface area contributed by atoms with E-state index in [0.29, 0.717) is 25.0 Å². The first-order valence-corrected chi connectivity index (χ1v) is 12.6. The summed E-state index contributed by atoms with van der Waals surface area (Å²) in [4.78, 5) is 14.9. The van der Waals surface area contributed by atoms with E-state index >= 15 is 0 Å². The molecule has 0 spiro atoms. The van der Waals surface area contributed by atoms with Crippen molar-refractivity contribution in [2.75, 3.05) is 40.5 Å². The van der Waals surface area contributed by atoms with Gasteiger partial charge in [-0.15, -0.1) is 0 Å². The Hall–Kier alpha value is -3.07. The molecule has 2 aliphatic heterocycles. The lowest BCUT2D eigenvalue weighted by atomic mass is 9.84. The van der Waals surface area contributed by atoms with Gasteiger partial charge in [0.25, 0.3) is 5.91 Å². The average Bonchev–Trinajstić information content (AvgIpc) is 3.58. The predicted octanol–water partition coefficient (Wildman–Crippen LogP) is 3.84. The van der Waals surface area contributed by atoms with Gasteiger partial charge in [-0.25, -0.2) is 0 Å². The molecule has 0 unspecified atom stereocenters. The molecule has 3 heterocycles. The summed E-state index contributed by atoms with van der Waals surface area (Å²) < 4.78 is 22.2. The van der Waals surface area contributed by atoms with Crippen LogP contribution in [-0.4, -0.2) is 62.5 Å². The van der Waals surface area contributed by atoms with Crippen molar-refractivity contribution in [2.24, 2.45) is 0 Å². The minimum atomic E-state index is -0.928. The maximum atomic E-state index is 12.6. The molecule has 2 aromatic carbocycles. The summed E-state index contributed by atoms with van der Waals surface area (Å²) >= 11 is 0. The largest absolute Gasteiger partial charge is 0.497 e. The Labute approximate surface area is 211 Å². The van der Waals surface area contributed by atoms with Crippen molar-refractivity contribution in [3.63, 3.8) is 0 Å². The van der Waals surface area contributed by atoms with Gasteiger partial charge in [-0.1, -0.05) is 6.07 Å². The van der Waals surface area contributed by atoms with Crippen LogP contribution in [0.4, 0.5) is 0 Å². The predicted molar refractivity (Wildman–Crippen MR) is 135 cm³/mol. The molecule has 3 aromatic rings. The van der Waals surface area contributed by atoms with Gasteiger partial charge in [0.1, 0.15) is 17.1 Å². The number of rotatable bonds is 8. The Morgan fingerprint density at radius 2 is 1.97 bits per heavy atom. The van der Waals surface area contributed by atoms with Crippen LogP contribution in [-0.2, 0) is 16.9 Å². The monoisotopic (exact) mass is 494 g/mol. The van der Waals surface area contributed by atoms with E-state index in [4.69, 9.17) is 18.6 Å². The number of nitrogens with zero attached hydrogens (tertiary/aromatic N) is 1. The first kappa shape index (κ1) is 24.6. The SMILES string of the molecule is COc1ccc(OC)c(CN2CCC(O)(c3ccc4oc(C(=O)NC[C@H]5CCCO5)cc4c3)CC2)c1. The van der Waals surface area contributed by atoms with E-state index in [-0.39, 0.29) is 17.8 Å². The van der Waals surface area contributed by atoms with Crippen molar-refractivity contribution in [3.8, 4) is 11.5 Å². The molecular formula is C28H34N2O6. The van der Waals surface area contributed by atoms with Crippen LogP contribution >= 0.6 is 0 Å². The highest BCUT2D eigenvalue weighted by molar-refractivity contribution is 5.96. The van der Waals surface area contributed by atoms with E-state index in [1.807, 2.05) is 36.4 Å². The lowest BCUT2D eigenvalue weighted by molar-refractivity contribution is -0.0277. The van der Waals surface area contributed by atoms with Crippen LogP contribution in [0.5, 0.6) is 11.5 Å². The zero-order valence-electron chi connectivity index (χ0n) is 20.9. The van der Waals surface area contributed by atoms with Crippen LogP contribution < -0.4 is 14.8 Å². The van der Waals surface area contributed by atoms with Crippen molar-refractivity contribution in [2.45, 2.75) is 43.9 Å². The van der Waals surface area contributed by atoms with Gasteiger partial charge >= 0.3 is 0 Å². The summed E-state index contributed by atoms with van der Waals surface area (Å²) in [5.41, 5.74) is 1.61. The van der Waals surface area contributed by atoms with E-state index in [0.717, 1.165) is 67.1 Å². The third-order valence-electron chi connectivity index (χ3n) is 7.36. The summed E-state index contributed by atoms with van der Waals surface area (Å²) in [6, 6.07) is 13.2. The van der Waals surface area contributed by atoms with Crippen LogP contribution in [0.2, 0.25) is 0 Å². The molecule has 0 bridgehead atoms. The molecular weight excluding hydrogens is 460 g/mol. The van der Waals surface area contributed by atoms with Gasteiger partial charge in [-0.2, -0.15) is 0 Å². The second-order valence-electron chi connectivity index (χ2n) is 9.69. The fraction of sp³-hybridized carbons (Fsp3) is 0.464. The minimum Gasteiger partial charge on any atom is -0.497 e. The molecule has 1 aromatic heterocycles. The molecule has 1 amide bonds. The second-order valence-corrected chi connectivity index (χ2v) is 9.69. The Bertz CT molecular complexity index is 1210. The highest BCUT2D eigenvalue weighted by Crippen LogP contribution is 2.36. The van der Waals surface area contributed by atoms with Crippen LogP contribution in [0.3, 0.4) is 0 Å². The van der Waals surface area contributed by atoms with Gasteiger partial charge in [0.15, 0.2) is 5.76 Å². The number of carbonyl (C=O) groups excluding carboxylic acids is 1. The summed E-state index contributed by atoms with van der Waals surface area (Å²) in [5.74, 6) is 1.66. The first-order valence-electron chi connectivity index (χ1n) is 12.6. The van der Waals surface area contributed by atoms with Crippen LogP contribution in [0.15, 0.2) is 46.9 Å². The minimum absolute atomic E-state index is 0.0788. The zero-order valence-corrected chi connectivity index (χ0v) is 20.9. The molecule has 0 aliphatic carbocycles. The van der Waals surface area contributed by atoms with Gasteiger partial charge in [-0.3, -0.25) is 9.69 Å². The van der Waals surface area contributed by atoms with E-state index in [2.05, 4.69) is 10.2 Å². The molecule has 2 N–H and O–H groups in total. The normalized spacial score (nSPS) is 19.9. The molecule has 2 fully saturated rings. The number of hydrogen-bond donors (Lipinski definition) is 2. The number of piperidine rings is 1. The van der Waals surface area contributed by atoms with Gasteiger partial charge in [0.05, 0.1) is 25.9 Å². The number of nitrogens with one attached hydrogen (secondary N) is 1. The number of carbonyl (C=O) groups is 1. The van der Waals surface area contributed by atoms with E-state index < -0.39 is 5.60 Å². The Morgan fingerprint density at radius 1 is 1.14 bits per heavy atom. The summed E-state index contributed by atoms with van der Waals surface area (Å²) in [6.07, 6.45) is 3.29. The fourth-order valence-corrected chi connectivity index (χ4v) is 5.16. The second kappa shape index (κ2) is 10.5. The number of benzene rings is 2. The summed E-state index contributed by atoms with van der Waals surface area (Å²) in [7, 11) is 3.33. The highest BCUT2D eigenvalue weighted by atomic mass is 16.5. The number of ether oxygens (including phenoxy) is 3. The molecule has 1 atom stereocenters. The third-order valence-corrected chi connectivity index (χ3v) is 7.36. The Kier molecular flexibility index (Phi) is 7.18. The summed E-state index contributed by atoms with van der Waals surface area (Å²) in [5, 5.41) is 15.2. The molecule has 8 heteroatoms. The van der Waals surface area contributed by atoms with Crippen molar-refractivity contribution in [1.29, 1.82) is 0 Å². The number of methoxy groups -OCH3 is 2. The van der Waals surface area contributed by atoms with Crippen molar-refractivity contribution < 1.29 is 28.5 Å². The molecule has 2 aliphatic rings. The van der Waals surface area contributed by atoms with Gasteiger partial charge in [-0.05, 0) is 67.6 Å². The third kappa shape index (κ3) is 5.21. The van der Waals surface area contributed by atoms with Crippen LogP contribution in [0.25, 0.3) is 11.0 Å². The van der Waals surface area contributed by atoms with Crippen molar-refractivity contribution >= 4 is 16.9 Å². The molecule has 0 radical (unpaired) electrons. The van der Waals surface area contributed by atoms with E-state index in [1.54, 1.807) is 20.3 Å². The number of aliphatic hydroxyl groups is 1. The maximum Gasteiger partial charge on any atom is 0.287 e. The van der Waals surface area contributed by atoms with Crippen molar-refractivity contribution in [3.05, 3.63) is 59.4 Å². The quantitative estimate of drug-likeness (QED) is 0.491. The number of likely N-dealkylation sites (tertiary alicyclic amines) is 1.